The average Bonchev–Trinajstić information content (AvgIpc) is 2.85. The van der Waals surface area contributed by atoms with Gasteiger partial charge in [-0.15, -0.1) is 0 Å². The van der Waals surface area contributed by atoms with Gasteiger partial charge in [0.25, 0.3) is 0 Å². The van der Waals surface area contributed by atoms with Crippen LogP contribution in [0.15, 0.2) is 36.4 Å². The van der Waals surface area contributed by atoms with Crippen LogP contribution in [-0.4, -0.2) is 44.7 Å². The molecule has 0 aromatic heterocycles. The Kier molecular flexibility index (Phi) is 7.80. The van der Waals surface area contributed by atoms with E-state index in [9.17, 15) is 22.8 Å². The molecule has 0 atom stereocenters. The average molecular weight is 492 g/mol. The highest BCUT2D eigenvalue weighted by Gasteiger charge is 2.34. The predicted octanol–water partition coefficient (Wildman–Crippen LogP) is 3.90. The number of carbonyl (C=O) groups excluding carboxylic acids is 2. The lowest BCUT2D eigenvalue weighted by Crippen LogP contribution is -2.36. The SMILES string of the molecule is O=C(CCCOc1ccc2c(c1)CCC(=O)N2)NCc1ccc(N2CCOCC2)cc1C(F)(F)F. The Morgan fingerprint density at radius 2 is 1.91 bits per heavy atom. The van der Waals surface area contributed by atoms with Crippen molar-refractivity contribution in [3.63, 3.8) is 0 Å². The molecule has 0 aliphatic carbocycles. The predicted molar refractivity (Wildman–Crippen MR) is 124 cm³/mol. The number of hydrogen-bond acceptors (Lipinski definition) is 5. The van der Waals surface area contributed by atoms with Gasteiger partial charge in [-0.2, -0.15) is 13.2 Å². The van der Waals surface area contributed by atoms with Gasteiger partial charge in [0.15, 0.2) is 0 Å². The van der Waals surface area contributed by atoms with E-state index in [-0.39, 0.29) is 30.3 Å². The minimum absolute atomic E-state index is 0.00687. The number of carbonyl (C=O) groups is 2. The van der Waals surface area contributed by atoms with Gasteiger partial charge in [-0.25, -0.2) is 0 Å². The molecule has 0 bridgehead atoms. The van der Waals surface area contributed by atoms with Gasteiger partial charge < -0.3 is 25.0 Å². The third-order valence-electron chi connectivity index (χ3n) is 6.04. The summed E-state index contributed by atoms with van der Waals surface area (Å²) >= 11 is 0. The highest BCUT2D eigenvalue weighted by atomic mass is 19.4. The molecule has 7 nitrogen and oxygen atoms in total. The molecule has 2 aliphatic rings. The third-order valence-corrected chi connectivity index (χ3v) is 6.04. The maximum atomic E-state index is 13.7. The zero-order valence-corrected chi connectivity index (χ0v) is 19.2. The number of amides is 2. The standard InChI is InChI=1S/C25H28F3N3O4/c26-25(27,28)21-15-19(31-9-12-34-13-10-31)5-3-18(21)16-29-23(32)2-1-11-35-20-6-7-22-17(14-20)4-8-24(33)30-22/h3,5-7,14-15H,1-2,4,8-13,16H2,(H,29,32)(H,30,33). The lowest BCUT2D eigenvalue weighted by Gasteiger charge is -2.29. The maximum Gasteiger partial charge on any atom is 0.416 e. The lowest BCUT2D eigenvalue weighted by atomic mass is 10.0. The fraction of sp³-hybridized carbons (Fsp3) is 0.440. The number of ether oxygens (including phenoxy) is 2. The molecule has 35 heavy (non-hydrogen) atoms. The first-order valence-electron chi connectivity index (χ1n) is 11.6. The Hall–Kier alpha value is -3.27. The number of nitrogens with one attached hydrogen (secondary N) is 2. The summed E-state index contributed by atoms with van der Waals surface area (Å²) in [6.07, 6.45) is -2.89. The van der Waals surface area contributed by atoms with Gasteiger partial charge in [0.05, 0.1) is 25.4 Å². The second-order valence-corrected chi connectivity index (χ2v) is 8.53. The Morgan fingerprint density at radius 1 is 1.11 bits per heavy atom. The number of fused-ring (bicyclic) bond motifs is 1. The number of rotatable bonds is 8. The van der Waals surface area contributed by atoms with Crippen LogP contribution in [0, 0.1) is 0 Å². The number of halogens is 3. The van der Waals surface area contributed by atoms with E-state index >= 15 is 0 Å². The van der Waals surface area contributed by atoms with Crippen LogP contribution in [0.4, 0.5) is 24.5 Å². The molecule has 2 aromatic rings. The van der Waals surface area contributed by atoms with E-state index in [1.165, 1.54) is 6.07 Å². The van der Waals surface area contributed by atoms with E-state index in [2.05, 4.69) is 10.6 Å². The first-order chi connectivity index (χ1) is 16.8. The fourth-order valence-electron chi connectivity index (χ4n) is 4.16. The third kappa shape index (κ3) is 6.66. The van der Waals surface area contributed by atoms with Crippen LogP contribution in [0.2, 0.25) is 0 Å². The van der Waals surface area contributed by atoms with Crippen molar-refractivity contribution in [2.75, 3.05) is 43.1 Å². The van der Waals surface area contributed by atoms with Crippen LogP contribution < -0.4 is 20.3 Å². The molecule has 4 rings (SSSR count). The van der Waals surface area contributed by atoms with Crippen LogP contribution in [-0.2, 0) is 33.5 Å². The van der Waals surface area contributed by atoms with Crippen molar-refractivity contribution in [3.05, 3.63) is 53.1 Å². The molecule has 2 N–H and O–H groups in total. The van der Waals surface area contributed by atoms with Gasteiger partial charge in [0.1, 0.15) is 5.75 Å². The number of alkyl halides is 3. The van der Waals surface area contributed by atoms with Gasteiger partial charge >= 0.3 is 6.18 Å². The van der Waals surface area contributed by atoms with Crippen LogP contribution in [0.5, 0.6) is 5.75 Å². The van der Waals surface area contributed by atoms with Crippen molar-refractivity contribution in [3.8, 4) is 5.75 Å². The Labute approximate surface area is 201 Å². The molecular weight excluding hydrogens is 463 g/mol. The summed E-state index contributed by atoms with van der Waals surface area (Å²) in [5, 5.41) is 5.39. The lowest BCUT2D eigenvalue weighted by molar-refractivity contribution is -0.138. The molecule has 0 unspecified atom stereocenters. The second kappa shape index (κ2) is 11.0. The number of hydrogen-bond donors (Lipinski definition) is 2. The van der Waals surface area contributed by atoms with E-state index in [1.54, 1.807) is 18.2 Å². The number of benzene rings is 2. The smallest absolute Gasteiger partial charge is 0.416 e. The summed E-state index contributed by atoms with van der Waals surface area (Å²) in [6.45, 7) is 2.13. The summed E-state index contributed by atoms with van der Waals surface area (Å²) in [5.41, 5.74) is 1.57. The second-order valence-electron chi connectivity index (χ2n) is 8.53. The largest absolute Gasteiger partial charge is 0.494 e. The minimum Gasteiger partial charge on any atom is -0.494 e. The van der Waals surface area contributed by atoms with Crippen LogP contribution >= 0.6 is 0 Å². The van der Waals surface area contributed by atoms with Crippen molar-refractivity contribution >= 4 is 23.2 Å². The van der Waals surface area contributed by atoms with Crippen molar-refractivity contribution in [2.45, 2.75) is 38.4 Å². The zero-order valence-electron chi connectivity index (χ0n) is 19.2. The molecule has 1 fully saturated rings. The minimum atomic E-state index is -4.52. The van der Waals surface area contributed by atoms with Gasteiger partial charge in [-0.3, -0.25) is 9.59 Å². The van der Waals surface area contributed by atoms with Crippen molar-refractivity contribution in [2.24, 2.45) is 0 Å². The highest BCUT2D eigenvalue weighted by Crippen LogP contribution is 2.35. The first kappa shape index (κ1) is 24.8. The Morgan fingerprint density at radius 3 is 2.69 bits per heavy atom. The topological polar surface area (TPSA) is 79.9 Å². The Bertz CT molecular complexity index is 1070. The van der Waals surface area contributed by atoms with Gasteiger partial charge in [0, 0.05) is 43.9 Å². The van der Waals surface area contributed by atoms with Crippen molar-refractivity contribution in [1.82, 2.24) is 5.32 Å². The molecule has 188 valence electrons. The van der Waals surface area contributed by atoms with Crippen LogP contribution in [0.25, 0.3) is 0 Å². The molecule has 0 spiro atoms. The molecule has 2 amide bonds. The quantitative estimate of drug-likeness (QED) is 0.548. The molecule has 0 radical (unpaired) electrons. The number of anilines is 2. The molecular formula is C25H28F3N3O4. The summed E-state index contributed by atoms with van der Waals surface area (Å²) < 4.78 is 51.9. The van der Waals surface area contributed by atoms with E-state index in [0.29, 0.717) is 63.6 Å². The number of aryl methyl sites for hydroxylation is 1. The van der Waals surface area contributed by atoms with Crippen molar-refractivity contribution < 1.29 is 32.2 Å². The number of morpholine rings is 1. The molecule has 1 saturated heterocycles. The molecule has 2 aromatic carbocycles. The van der Waals surface area contributed by atoms with Crippen molar-refractivity contribution in [1.29, 1.82) is 0 Å². The van der Waals surface area contributed by atoms with Crippen LogP contribution in [0.1, 0.15) is 36.0 Å². The van der Waals surface area contributed by atoms with E-state index < -0.39 is 11.7 Å². The van der Waals surface area contributed by atoms with Gasteiger partial charge in [0.2, 0.25) is 11.8 Å². The van der Waals surface area contributed by atoms with E-state index in [4.69, 9.17) is 9.47 Å². The first-order valence-corrected chi connectivity index (χ1v) is 11.6. The summed E-state index contributed by atoms with van der Waals surface area (Å²) in [6, 6.07) is 9.63. The Balaban J connectivity index is 1.25. The molecule has 2 heterocycles. The number of nitrogens with zero attached hydrogens (tertiary/aromatic N) is 1. The normalized spacial score (nSPS) is 15.9. The van der Waals surface area contributed by atoms with E-state index in [1.807, 2.05) is 11.0 Å². The van der Waals surface area contributed by atoms with Gasteiger partial charge in [-0.1, -0.05) is 6.07 Å². The molecule has 2 aliphatic heterocycles. The molecule has 10 heteroatoms. The zero-order chi connectivity index (χ0) is 24.8. The molecule has 0 saturated carbocycles. The maximum absolute atomic E-state index is 13.7. The summed E-state index contributed by atoms with van der Waals surface area (Å²) in [4.78, 5) is 25.5. The summed E-state index contributed by atoms with van der Waals surface area (Å²) in [7, 11) is 0. The highest BCUT2D eigenvalue weighted by molar-refractivity contribution is 5.94. The summed E-state index contributed by atoms with van der Waals surface area (Å²) in [5.74, 6) is 0.301. The van der Waals surface area contributed by atoms with Crippen LogP contribution in [0.3, 0.4) is 0 Å². The fourth-order valence-corrected chi connectivity index (χ4v) is 4.16. The van der Waals surface area contributed by atoms with E-state index in [0.717, 1.165) is 17.3 Å². The van der Waals surface area contributed by atoms with Gasteiger partial charge in [-0.05, 0) is 54.3 Å². The monoisotopic (exact) mass is 491 g/mol.